The van der Waals surface area contributed by atoms with Gasteiger partial charge >= 0.3 is 0 Å². The average molecular weight is 340 g/mol. The van der Waals surface area contributed by atoms with Gasteiger partial charge < -0.3 is 15.7 Å². The first-order valence-corrected chi connectivity index (χ1v) is 8.91. The largest absolute Gasteiger partial charge is 0.388 e. The second kappa shape index (κ2) is 8.45. The molecule has 6 heteroatoms. The summed E-state index contributed by atoms with van der Waals surface area (Å²) in [5.74, 6) is -0.496. The lowest BCUT2D eigenvalue weighted by Gasteiger charge is -2.31. The van der Waals surface area contributed by atoms with Gasteiger partial charge in [-0.05, 0) is 30.2 Å². The van der Waals surface area contributed by atoms with Crippen LogP contribution in [0, 0.1) is 11.8 Å². The minimum atomic E-state index is -0.969. The number of hydrogen-bond acceptors (Lipinski definition) is 4. The zero-order chi connectivity index (χ0) is 17.6. The highest BCUT2D eigenvalue weighted by molar-refractivity contribution is 7.12. The summed E-state index contributed by atoms with van der Waals surface area (Å²) in [5.41, 5.74) is -0.969. The van der Waals surface area contributed by atoms with Gasteiger partial charge in [-0.2, -0.15) is 0 Å². The molecule has 23 heavy (non-hydrogen) atoms. The van der Waals surface area contributed by atoms with Crippen LogP contribution in [0.4, 0.5) is 0 Å². The van der Waals surface area contributed by atoms with Gasteiger partial charge in [-0.15, -0.1) is 11.3 Å². The molecule has 5 nitrogen and oxygen atoms in total. The van der Waals surface area contributed by atoms with Crippen LogP contribution >= 0.6 is 11.3 Å². The van der Waals surface area contributed by atoms with E-state index in [1.165, 1.54) is 11.3 Å². The minimum absolute atomic E-state index is 0.0486. The maximum Gasteiger partial charge on any atom is 0.262 e. The Labute approximate surface area is 142 Å². The van der Waals surface area contributed by atoms with E-state index in [4.69, 9.17) is 0 Å². The third kappa shape index (κ3) is 5.62. The van der Waals surface area contributed by atoms with Gasteiger partial charge in [-0.1, -0.05) is 40.2 Å². The van der Waals surface area contributed by atoms with E-state index in [2.05, 4.69) is 10.6 Å². The standard InChI is InChI=1S/C17H28N2O3S/c1-6-12(4)17(5,22)10-18-16(21)14(11(2)3)19-15(20)13-8-7-9-23-13/h7-9,11-12,14,22H,6,10H2,1-5H3,(H,18,21)(H,19,20)/t12-,14+,17-/m0/s1. The second-order valence-corrected chi connectivity index (χ2v) is 7.50. The van der Waals surface area contributed by atoms with Crippen molar-refractivity contribution in [3.05, 3.63) is 22.4 Å². The van der Waals surface area contributed by atoms with Crippen molar-refractivity contribution in [1.82, 2.24) is 10.6 Å². The molecule has 0 radical (unpaired) electrons. The van der Waals surface area contributed by atoms with Crippen molar-refractivity contribution in [1.29, 1.82) is 0 Å². The molecule has 130 valence electrons. The van der Waals surface area contributed by atoms with E-state index in [-0.39, 0.29) is 30.2 Å². The summed E-state index contributed by atoms with van der Waals surface area (Å²) in [4.78, 5) is 25.1. The number of aliphatic hydroxyl groups is 1. The molecule has 0 saturated heterocycles. The summed E-state index contributed by atoms with van der Waals surface area (Å²) in [6, 6.07) is 2.90. The molecule has 0 aromatic carbocycles. The smallest absolute Gasteiger partial charge is 0.262 e. The van der Waals surface area contributed by atoms with Gasteiger partial charge in [0.2, 0.25) is 5.91 Å². The fourth-order valence-corrected chi connectivity index (χ4v) is 2.77. The Hall–Kier alpha value is -1.40. The van der Waals surface area contributed by atoms with Crippen LogP contribution < -0.4 is 10.6 Å². The Morgan fingerprint density at radius 3 is 2.48 bits per heavy atom. The molecule has 0 unspecified atom stereocenters. The van der Waals surface area contributed by atoms with Crippen LogP contribution in [-0.4, -0.2) is 35.1 Å². The van der Waals surface area contributed by atoms with Crippen LogP contribution in [0.3, 0.4) is 0 Å². The minimum Gasteiger partial charge on any atom is -0.388 e. The zero-order valence-corrected chi connectivity index (χ0v) is 15.4. The molecule has 0 aliphatic rings. The van der Waals surface area contributed by atoms with E-state index in [9.17, 15) is 14.7 Å². The first kappa shape index (κ1) is 19.6. The van der Waals surface area contributed by atoms with E-state index in [1.807, 2.05) is 33.1 Å². The fourth-order valence-electron chi connectivity index (χ4n) is 2.15. The van der Waals surface area contributed by atoms with Crippen molar-refractivity contribution in [3.8, 4) is 0 Å². The molecule has 3 N–H and O–H groups in total. The molecular formula is C17H28N2O3S. The summed E-state index contributed by atoms with van der Waals surface area (Å²) in [6.07, 6.45) is 0.825. The maximum atomic E-state index is 12.4. The third-order valence-corrected chi connectivity index (χ3v) is 5.14. The molecule has 0 spiro atoms. The van der Waals surface area contributed by atoms with Crippen LogP contribution in [-0.2, 0) is 4.79 Å². The number of hydrogen-bond donors (Lipinski definition) is 3. The summed E-state index contributed by atoms with van der Waals surface area (Å²) >= 11 is 1.34. The lowest BCUT2D eigenvalue weighted by atomic mass is 9.88. The van der Waals surface area contributed by atoms with Crippen molar-refractivity contribution in [3.63, 3.8) is 0 Å². The van der Waals surface area contributed by atoms with Crippen LogP contribution in [0.2, 0.25) is 0 Å². The normalized spacial score (nSPS) is 16.5. The Morgan fingerprint density at radius 1 is 1.35 bits per heavy atom. The van der Waals surface area contributed by atoms with Crippen LogP contribution in [0.5, 0.6) is 0 Å². The Kier molecular flexibility index (Phi) is 7.22. The van der Waals surface area contributed by atoms with Gasteiger partial charge in [0.1, 0.15) is 6.04 Å². The Bertz CT molecular complexity index is 512. The van der Waals surface area contributed by atoms with E-state index >= 15 is 0 Å². The monoisotopic (exact) mass is 340 g/mol. The van der Waals surface area contributed by atoms with Crippen molar-refractivity contribution >= 4 is 23.2 Å². The van der Waals surface area contributed by atoms with Crippen molar-refractivity contribution < 1.29 is 14.7 Å². The highest BCUT2D eigenvalue weighted by Gasteiger charge is 2.30. The van der Waals surface area contributed by atoms with Gasteiger partial charge in [-0.25, -0.2) is 0 Å². The van der Waals surface area contributed by atoms with E-state index in [0.717, 1.165) is 6.42 Å². The number of nitrogens with one attached hydrogen (secondary N) is 2. The van der Waals surface area contributed by atoms with E-state index in [0.29, 0.717) is 4.88 Å². The predicted octanol–water partition coefficient (Wildman–Crippen LogP) is 2.42. The lowest BCUT2D eigenvalue weighted by Crippen LogP contribution is -2.53. The number of carbonyl (C=O) groups is 2. The number of amides is 2. The molecule has 1 aromatic rings. The van der Waals surface area contributed by atoms with Crippen LogP contribution in [0.1, 0.15) is 50.7 Å². The lowest BCUT2D eigenvalue weighted by molar-refractivity contribution is -0.125. The molecule has 1 aromatic heterocycles. The van der Waals surface area contributed by atoms with Crippen molar-refractivity contribution in [2.45, 2.75) is 52.7 Å². The van der Waals surface area contributed by atoms with Gasteiger partial charge in [0, 0.05) is 6.54 Å². The Balaban J connectivity index is 2.67. The van der Waals surface area contributed by atoms with Gasteiger partial charge in [-0.3, -0.25) is 9.59 Å². The molecular weight excluding hydrogens is 312 g/mol. The first-order valence-electron chi connectivity index (χ1n) is 8.03. The maximum absolute atomic E-state index is 12.4. The van der Waals surface area contributed by atoms with Gasteiger partial charge in [0.25, 0.3) is 5.91 Å². The summed E-state index contributed by atoms with van der Waals surface area (Å²) in [7, 11) is 0. The van der Waals surface area contributed by atoms with Crippen LogP contribution in [0.25, 0.3) is 0 Å². The van der Waals surface area contributed by atoms with E-state index in [1.54, 1.807) is 19.1 Å². The highest BCUT2D eigenvalue weighted by Crippen LogP contribution is 2.19. The summed E-state index contributed by atoms with van der Waals surface area (Å²) < 4.78 is 0. The molecule has 0 fully saturated rings. The molecule has 1 rings (SSSR count). The first-order chi connectivity index (χ1) is 10.7. The molecule has 0 bridgehead atoms. The summed E-state index contributed by atoms with van der Waals surface area (Å²) in [6.45, 7) is 9.59. The number of carbonyl (C=O) groups excluding carboxylic acids is 2. The SMILES string of the molecule is CC[C@H](C)[C@@](C)(O)CNC(=O)[C@H](NC(=O)c1cccs1)C(C)C. The summed E-state index contributed by atoms with van der Waals surface area (Å²) in [5, 5.41) is 17.8. The van der Waals surface area contributed by atoms with E-state index < -0.39 is 11.6 Å². The zero-order valence-electron chi connectivity index (χ0n) is 14.6. The Morgan fingerprint density at radius 2 is 2.00 bits per heavy atom. The van der Waals surface area contributed by atoms with Crippen molar-refractivity contribution in [2.75, 3.05) is 6.54 Å². The predicted molar refractivity (Wildman–Crippen MR) is 93.5 cm³/mol. The van der Waals surface area contributed by atoms with Crippen LogP contribution in [0.15, 0.2) is 17.5 Å². The fraction of sp³-hybridized carbons (Fsp3) is 0.647. The third-order valence-electron chi connectivity index (χ3n) is 4.28. The average Bonchev–Trinajstić information content (AvgIpc) is 3.03. The van der Waals surface area contributed by atoms with Gasteiger partial charge in [0.05, 0.1) is 10.5 Å². The number of rotatable bonds is 8. The molecule has 0 saturated carbocycles. The highest BCUT2D eigenvalue weighted by atomic mass is 32.1. The number of thiophene rings is 1. The van der Waals surface area contributed by atoms with Crippen molar-refractivity contribution in [2.24, 2.45) is 11.8 Å². The van der Waals surface area contributed by atoms with Gasteiger partial charge in [0.15, 0.2) is 0 Å². The molecule has 3 atom stereocenters. The second-order valence-electron chi connectivity index (χ2n) is 6.56. The molecule has 2 amide bonds. The molecule has 0 aliphatic heterocycles. The molecule has 0 aliphatic carbocycles. The topological polar surface area (TPSA) is 78.4 Å². The molecule has 1 heterocycles. The quantitative estimate of drug-likeness (QED) is 0.680.